The lowest BCUT2D eigenvalue weighted by Crippen LogP contribution is -2.27. The number of carbonyl (C=O) groups excluding carboxylic acids is 1. The van der Waals surface area contributed by atoms with Crippen LogP contribution in [0.3, 0.4) is 0 Å². The normalized spacial score (nSPS) is 10.1. The van der Waals surface area contributed by atoms with Crippen molar-refractivity contribution < 1.29 is 14.4 Å². The molecule has 0 aliphatic heterocycles. The molecule has 0 saturated carbocycles. The van der Waals surface area contributed by atoms with Gasteiger partial charge in [0.15, 0.2) is 0 Å². The molecule has 0 unspecified atom stereocenters. The van der Waals surface area contributed by atoms with E-state index < -0.39 is 0 Å². The molecule has 1 amide bonds. The van der Waals surface area contributed by atoms with Gasteiger partial charge in [0.2, 0.25) is 0 Å². The van der Waals surface area contributed by atoms with Crippen molar-refractivity contribution in [3.8, 4) is 0 Å². The molecule has 16 heavy (non-hydrogen) atoms. The van der Waals surface area contributed by atoms with Crippen LogP contribution < -0.4 is 5.48 Å². The zero-order valence-corrected chi connectivity index (χ0v) is 9.44. The first-order valence-electron chi connectivity index (χ1n) is 5.35. The minimum absolute atomic E-state index is 0.0443. The maximum Gasteiger partial charge on any atom is 0.269 e. The highest BCUT2D eigenvalue weighted by atomic mass is 16.7. The van der Waals surface area contributed by atoms with Crippen molar-refractivity contribution in [3.63, 3.8) is 0 Å². The van der Waals surface area contributed by atoms with Crippen LogP contribution in [-0.2, 0) is 21.0 Å². The minimum atomic E-state index is -0.260. The molecule has 1 aromatic rings. The van der Waals surface area contributed by atoms with Crippen LogP contribution in [-0.4, -0.2) is 19.1 Å². The van der Waals surface area contributed by atoms with Crippen LogP contribution in [0, 0.1) is 0 Å². The smallest absolute Gasteiger partial charge is 0.269 e. The van der Waals surface area contributed by atoms with Crippen molar-refractivity contribution in [3.05, 3.63) is 35.9 Å². The molecular formula is C12H17NO3. The van der Waals surface area contributed by atoms with E-state index in [4.69, 9.17) is 9.57 Å². The third-order valence-electron chi connectivity index (χ3n) is 1.85. The van der Waals surface area contributed by atoms with Crippen molar-refractivity contribution in [1.82, 2.24) is 5.48 Å². The highest BCUT2D eigenvalue weighted by Crippen LogP contribution is 1.98. The van der Waals surface area contributed by atoms with Gasteiger partial charge in [-0.25, -0.2) is 5.48 Å². The number of hydrogen-bond donors (Lipinski definition) is 1. The van der Waals surface area contributed by atoms with E-state index in [0.29, 0.717) is 13.2 Å². The quantitative estimate of drug-likeness (QED) is 0.565. The van der Waals surface area contributed by atoms with Crippen molar-refractivity contribution in [2.24, 2.45) is 0 Å². The van der Waals surface area contributed by atoms with Crippen LogP contribution >= 0.6 is 0 Å². The second-order valence-electron chi connectivity index (χ2n) is 3.35. The van der Waals surface area contributed by atoms with Gasteiger partial charge in [0.05, 0.1) is 6.61 Å². The number of hydroxylamine groups is 1. The topological polar surface area (TPSA) is 47.6 Å². The van der Waals surface area contributed by atoms with Gasteiger partial charge in [-0.2, -0.15) is 0 Å². The lowest BCUT2D eigenvalue weighted by Gasteiger charge is -2.06. The van der Waals surface area contributed by atoms with Crippen LogP contribution in [0.1, 0.15) is 18.9 Å². The maximum atomic E-state index is 11.1. The third kappa shape index (κ3) is 5.48. The predicted octanol–water partition coefficient (Wildman–Crippen LogP) is 1.66. The Morgan fingerprint density at radius 3 is 2.75 bits per heavy atom. The third-order valence-corrected chi connectivity index (χ3v) is 1.85. The molecule has 0 aromatic heterocycles. The van der Waals surface area contributed by atoms with Gasteiger partial charge in [0, 0.05) is 6.61 Å². The summed E-state index contributed by atoms with van der Waals surface area (Å²) in [7, 11) is 0. The first-order valence-corrected chi connectivity index (χ1v) is 5.35. The SMILES string of the molecule is CCCOCC(=O)NOCc1ccccc1. The molecule has 1 N–H and O–H groups in total. The summed E-state index contributed by atoms with van der Waals surface area (Å²) in [5.74, 6) is -0.260. The number of benzene rings is 1. The Balaban J connectivity index is 2.09. The predicted molar refractivity (Wildman–Crippen MR) is 60.5 cm³/mol. The summed E-state index contributed by atoms with van der Waals surface area (Å²) in [4.78, 5) is 16.2. The molecule has 0 radical (unpaired) electrons. The van der Waals surface area contributed by atoms with Crippen LogP contribution in [0.2, 0.25) is 0 Å². The molecule has 4 nitrogen and oxygen atoms in total. The number of carbonyl (C=O) groups is 1. The number of amides is 1. The summed E-state index contributed by atoms with van der Waals surface area (Å²) < 4.78 is 5.06. The Labute approximate surface area is 95.5 Å². The van der Waals surface area contributed by atoms with Gasteiger partial charge >= 0.3 is 0 Å². The summed E-state index contributed by atoms with van der Waals surface area (Å²) in [5.41, 5.74) is 3.34. The second kappa shape index (κ2) is 7.84. The Hall–Kier alpha value is -1.39. The van der Waals surface area contributed by atoms with E-state index in [1.807, 2.05) is 37.3 Å². The monoisotopic (exact) mass is 223 g/mol. The number of ether oxygens (including phenoxy) is 1. The lowest BCUT2D eigenvalue weighted by atomic mass is 10.2. The fraction of sp³-hybridized carbons (Fsp3) is 0.417. The summed E-state index contributed by atoms with van der Waals surface area (Å²) in [6.45, 7) is 2.99. The van der Waals surface area contributed by atoms with E-state index in [2.05, 4.69) is 5.48 Å². The first-order chi connectivity index (χ1) is 7.83. The Morgan fingerprint density at radius 1 is 1.31 bits per heavy atom. The van der Waals surface area contributed by atoms with E-state index in [0.717, 1.165) is 12.0 Å². The molecule has 0 atom stereocenters. The number of hydrogen-bond acceptors (Lipinski definition) is 3. The fourth-order valence-corrected chi connectivity index (χ4v) is 1.11. The van der Waals surface area contributed by atoms with Crippen molar-refractivity contribution in [1.29, 1.82) is 0 Å². The highest BCUT2D eigenvalue weighted by Gasteiger charge is 2.00. The summed E-state index contributed by atoms with van der Waals surface area (Å²) in [6.07, 6.45) is 0.901. The van der Waals surface area contributed by atoms with Gasteiger partial charge in [0.1, 0.15) is 6.61 Å². The Bertz CT molecular complexity index is 300. The molecule has 0 spiro atoms. The molecule has 0 saturated heterocycles. The maximum absolute atomic E-state index is 11.1. The molecule has 0 aliphatic carbocycles. The average molecular weight is 223 g/mol. The molecule has 4 heteroatoms. The van der Waals surface area contributed by atoms with Gasteiger partial charge < -0.3 is 4.74 Å². The first kappa shape index (κ1) is 12.7. The van der Waals surface area contributed by atoms with Gasteiger partial charge in [-0.05, 0) is 12.0 Å². The van der Waals surface area contributed by atoms with Crippen molar-refractivity contribution in [2.75, 3.05) is 13.2 Å². The van der Waals surface area contributed by atoms with Crippen LogP contribution in [0.25, 0.3) is 0 Å². The van der Waals surface area contributed by atoms with E-state index in [1.165, 1.54) is 0 Å². The zero-order valence-electron chi connectivity index (χ0n) is 9.44. The molecule has 0 fully saturated rings. The van der Waals surface area contributed by atoms with Crippen LogP contribution in [0.5, 0.6) is 0 Å². The molecular weight excluding hydrogens is 206 g/mol. The minimum Gasteiger partial charge on any atom is -0.372 e. The van der Waals surface area contributed by atoms with Gasteiger partial charge in [-0.1, -0.05) is 37.3 Å². The largest absolute Gasteiger partial charge is 0.372 e. The molecule has 0 bridgehead atoms. The van der Waals surface area contributed by atoms with Crippen LogP contribution in [0.4, 0.5) is 0 Å². The molecule has 1 rings (SSSR count). The Kier molecular flexibility index (Phi) is 6.22. The number of rotatable bonds is 7. The van der Waals surface area contributed by atoms with Gasteiger partial charge in [-0.3, -0.25) is 9.63 Å². The summed E-state index contributed by atoms with van der Waals surface area (Å²) in [5, 5.41) is 0. The number of nitrogens with one attached hydrogen (secondary N) is 1. The summed E-state index contributed by atoms with van der Waals surface area (Å²) in [6, 6.07) is 9.63. The van der Waals surface area contributed by atoms with Crippen molar-refractivity contribution in [2.45, 2.75) is 20.0 Å². The molecule has 0 aliphatic rings. The molecule has 0 heterocycles. The van der Waals surface area contributed by atoms with E-state index in [1.54, 1.807) is 0 Å². The lowest BCUT2D eigenvalue weighted by molar-refractivity contribution is -0.139. The van der Waals surface area contributed by atoms with E-state index in [-0.39, 0.29) is 12.5 Å². The summed E-state index contributed by atoms with van der Waals surface area (Å²) >= 11 is 0. The zero-order chi connectivity index (χ0) is 11.6. The van der Waals surface area contributed by atoms with Crippen LogP contribution in [0.15, 0.2) is 30.3 Å². The standard InChI is InChI=1S/C12H17NO3/c1-2-8-15-10-12(14)13-16-9-11-6-4-3-5-7-11/h3-7H,2,8-10H2,1H3,(H,13,14). The van der Waals surface area contributed by atoms with Gasteiger partial charge in [-0.15, -0.1) is 0 Å². The van der Waals surface area contributed by atoms with E-state index in [9.17, 15) is 4.79 Å². The van der Waals surface area contributed by atoms with Gasteiger partial charge in [0.25, 0.3) is 5.91 Å². The molecule has 1 aromatic carbocycles. The average Bonchev–Trinajstić information content (AvgIpc) is 2.31. The molecule has 88 valence electrons. The highest BCUT2D eigenvalue weighted by molar-refractivity contribution is 5.75. The fourth-order valence-electron chi connectivity index (χ4n) is 1.11. The van der Waals surface area contributed by atoms with E-state index >= 15 is 0 Å². The van der Waals surface area contributed by atoms with Crippen molar-refractivity contribution >= 4 is 5.91 Å². The Morgan fingerprint density at radius 2 is 2.06 bits per heavy atom. The second-order valence-corrected chi connectivity index (χ2v) is 3.35.